The summed E-state index contributed by atoms with van der Waals surface area (Å²) in [4.78, 5) is 12.4. The highest BCUT2D eigenvalue weighted by molar-refractivity contribution is 9.10. The summed E-state index contributed by atoms with van der Waals surface area (Å²) in [6, 6.07) is 22.3. The molecule has 25 heavy (non-hydrogen) atoms. The number of nitrogens with zero attached hydrogens (tertiary/aromatic N) is 1. The average molecular weight is 394 g/mol. The minimum atomic E-state index is -0.400. The second-order valence-electron chi connectivity index (χ2n) is 5.57. The molecule has 3 aromatic carbocycles. The Labute approximate surface area is 153 Å². The molecule has 0 spiro atoms. The van der Waals surface area contributed by atoms with Crippen LogP contribution in [0.15, 0.2) is 77.3 Å². The summed E-state index contributed by atoms with van der Waals surface area (Å²) in [5.74, 6) is -0.954. The van der Waals surface area contributed by atoms with E-state index in [1.807, 2.05) is 24.3 Å². The van der Waals surface area contributed by atoms with Gasteiger partial charge in [-0.05, 0) is 47.5 Å². The predicted octanol–water partition coefficient (Wildman–Crippen LogP) is 5.47. The summed E-state index contributed by atoms with van der Waals surface area (Å²) in [5.41, 5.74) is 2.64. The van der Waals surface area contributed by atoms with Crippen LogP contribution < -0.4 is 0 Å². The molecule has 0 saturated heterocycles. The Hall–Kier alpha value is -2.77. The number of nitriles is 1. The SMILES string of the molecule is N#C[C@H](c1ccc(Br)cc1)c1ccc(C(=O)c2ccc(F)cc2)cc1. The van der Waals surface area contributed by atoms with Crippen LogP contribution in [0.1, 0.15) is 33.0 Å². The molecule has 0 bridgehead atoms. The van der Waals surface area contributed by atoms with Gasteiger partial charge in [-0.15, -0.1) is 0 Å². The molecule has 0 unspecified atom stereocenters. The third kappa shape index (κ3) is 3.84. The van der Waals surface area contributed by atoms with Crippen LogP contribution in [-0.2, 0) is 0 Å². The van der Waals surface area contributed by atoms with Crippen LogP contribution in [-0.4, -0.2) is 5.78 Å². The first-order valence-corrected chi connectivity index (χ1v) is 8.43. The minimum Gasteiger partial charge on any atom is -0.289 e. The largest absolute Gasteiger partial charge is 0.289 e. The van der Waals surface area contributed by atoms with Crippen molar-refractivity contribution < 1.29 is 9.18 Å². The highest BCUT2D eigenvalue weighted by Crippen LogP contribution is 2.26. The van der Waals surface area contributed by atoms with Crippen LogP contribution in [0.5, 0.6) is 0 Å². The summed E-state index contributed by atoms with van der Waals surface area (Å²) in [5, 5.41) is 9.52. The van der Waals surface area contributed by atoms with E-state index in [4.69, 9.17) is 0 Å². The van der Waals surface area contributed by atoms with Gasteiger partial charge >= 0.3 is 0 Å². The maximum absolute atomic E-state index is 13.0. The van der Waals surface area contributed by atoms with Crippen LogP contribution >= 0.6 is 15.9 Å². The van der Waals surface area contributed by atoms with Crippen molar-refractivity contribution in [3.63, 3.8) is 0 Å². The molecule has 3 aromatic rings. The lowest BCUT2D eigenvalue weighted by atomic mass is 9.91. The Balaban J connectivity index is 1.86. The Morgan fingerprint density at radius 3 is 1.76 bits per heavy atom. The molecule has 0 aromatic heterocycles. The zero-order valence-corrected chi connectivity index (χ0v) is 14.7. The monoisotopic (exact) mass is 393 g/mol. The molecule has 0 fully saturated rings. The Morgan fingerprint density at radius 2 is 1.28 bits per heavy atom. The lowest BCUT2D eigenvalue weighted by Crippen LogP contribution is -2.03. The van der Waals surface area contributed by atoms with Gasteiger partial charge in [0.05, 0.1) is 12.0 Å². The summed E-state index contributed by atoms with van der Waals surface area (Å²) in [6.45, 7) is 0. The number of hydrogen-bond acceptors (Lipinski definition) is 2. The second kappa shape index (κ2) is 7.42. The zero-order chi connectivity index (χ0) is 17.8. The predicted molar refractivity (Wildman–Crippen MR) is 97.9 cm³/mol. The maximum Gasteiger partial charge on any atom is 0.193 e. The summed E-state index contributed by atoms with van der Waals surface area (Å²) >= 11 is 3.38. The van der Waals surface area contributed by atoms with Crippen molar-refractivity contribution in [3.05, 3.63) is 105 Å². The van der Waals surface area contributed by atoms with E-state index in [1.54, 1.807) is 24.3 Å². The average Bonchev–Trinajstić information content (AvgIpc) is 2.64. The Bertz CT molecular complexity index is 926. The molecule has 0 aliphatic heterocycles. The summed E-state index contributed by atoms with van der Waals surface area (Å²) in [7, 11) is 0. The van der Waals surface area contributed by atoms with Crippen molar-refractivity contribution in [2.75, 3.05) is 0 Å². The first-order valence-electron chi connectivity index (χ1n) is 7.64. The third-order valence-corrected chi connectivity index (χ3v) is 4.47. The lowest BCUT2D eigenvalue weighted by Gasteiger charge is -2.11. The van der Waals surface area contributed by atoms with Crippen molar-refractivity contribution in [1.82, 2.24) is 0 Å². The van der Waals surface area contributed by atoms with E-state index in [-0.39, 0.29) is 11.6 Å². The molecule has 0 heterocycles. The van der Waals surface area contributed by atoms with Gasteiger partial charge in [0.1, 0.15) is 5.82 Å². The smallest absolute Gasteiger partial charge is 0.193 e. The van der Waals surface area contributed by atoms with Crippen LogP contribution in [0.3, 0.4) is 0 Å². The lowest BCUT2D eigenvalue weighted by molar-refractivity contribution is 0.103. The quantitative estimate of drug-likeness (QED) is 0.551. The van der Waals surface area contributed by atoms with E-state index in [0.29, 0.717) is 11.1 Å². The normalized spacial score (nSPS) is 11.6. The number of carbonyl (C=O) groups is 1. The molecule has 0 aliphatic carbocycles. The van der Waals surface area contributed by atoms with Gasteiger partial charge in [0.15, 0.2) is 5.78 Å². The van der Waals surface area contributed by atoms with Crippen LogP contribution in [0.4, 0.5) is 4.39 Å². The molecule has 0 N–H and O–H groups in total. The van der Waals surface area contributed by atoms with Gasteiger partial charge < -0.3 is 0 Å². The molecule has 1 atom stereocenters. The zero-order valence-electron chi connectivity index (χ0n) is 13.1. The van der Waals surface area contributed by atoms with E-state index in [2.05, 4.69) is 22.0 Å². The number of ketones is 1. The van der Waals surface area contributed by atoms with Gasteiger partial charge in [0.2, 0.25) is 0 Å². The second-order valence-corrected chi connectivity index (χ2v) is 6.49. The number of benzene rings is 3. The van der Waals surface area contributed by atoms with Gasteiger partial charge in [-0.25, -0.2) is 4.39 Å². The molecule has 0 amide bonds. The van der Waals surface area contributed by atoms with Gasteiger partial charge in [-0.1, -0.05) is 52.3 Å². The molecule has 2 nitrogen and oxygen atoms in total. The molecule has 3 rings (SSSR count). The maximum atomic E-state index is 13.0. The highest BCUT2D eigenvalue weighted by Gasteiger charge is 2.15. The summed E-state index contributed by atoms with van der Waals surface area (Å²) < 4.78 is 13.9. The molecular weight excluding hydrogens is 381 g/mol. The van der Waals surface area contributed by atoms with Crippen molar-refractivity contribution in [2.24, 2.45) is 0 Å². The van der Waals surface area contributed by atoms with Gasteiger partial charge in [0, 0.05) is 15.6 Å². The molecule has 122 valence electrons. The van der Waals surface area contributed by atoms with E-state index >= 15 is 0 Å². The standard InChI is InChI=1S/C21H13BrFNO/c22-18-9-5-15(6-10-18)20(13-24)14-1-3-16(4-2-14)21(25)17-7-11-19(23)12-8-17/h1-12,20H/t20-/m0/s1. The van der Waals surface area contributed by atoms with Gasteiger partial charge in [-0.2, -0.15) is 5.26 Å². The van der Waals surface area contributed by atoms with E-state index in [9.17, 15) is 14.4 Å². The van der Waals surface area contributed by atoms with Gasteiger partial charge in [-0.3, -0.25) is 4.79 Å². The van der Waals surface area contributed by atoms with Crippen molar-refractivity contribution >= 4 is 21.7 Å². The van der Waals surface area contributed by atoms with Crippen LogP contribution in [0, 0.1) is 17.1 Å². The number of carbonyl (C=O) groups excluding carboxylic acids is 1. The first-order chi connectivity index (χ1) is 12.1. The van der Waals surface area contributed by atoms with E-state index in [0.717, 1.165) is 15.6 Å². The fourth-order valence-corrected chi connectivity index (χ4v) is 2.86. The van der Waals surface area contributed by atoms with Crippen LogP contribution in [0.25, 0.3) is 0 Å². The van der Waals surface area contributed by atoms with Gasteiger partial charge in [0.25, 0.3) is 0 Å². The number of hydrogen-bond donors (Lipinski definition) is 0. The Kier molecular flexibility index (Phi) is 5.06. The molecule has 0 saturated carbocycles. The third-order valence-electron chi connectivity index (χ3n) is 3.95. The first kappa shape index (κ1) is 17.1. The fourth-order valence-electron chi connectivity index (χ4n) is 2.59. The van der Waals surface area contributed by atoms with Crippen molar-refractivity contribution in [3.8, 4) is 6.07 Å². The summed E-state index contributed by atoms with van der Waals surface area (Å²) in [6.07, 6.45) is 0. The fraction of sp³-hybridized carbons (Fsp3) is 0.0476. The van der Waals surface area contributed by atoms with E-state index in [1.165, 1.54) is 24.3 Å². The Morgan fingerprint density at radius 1 is 0.840 bits per heavy atom. The topological polar surface area (TPSA) is 40.9 Å². The number of halogens is 2. The van der Waals surface area contributed by atoms with E-state index < -0.39 is 5.92 Å². The van der Waals surface area contributed by atoms with Crippen molar-refractivity contribution in [1.29, 1.82) is 5.26 Å². The number of rotatable bonds is 4. The van der Waals surface area contributed by atoms with Crippen LogP contribution in [0.2, 0.25) is 0 Å². The molecule has 4 heteroatoms. The van der Waals surface area contributed by atoms with Crippen molar-refractivity contribution in [2.45, 2.75) is 5.92 Å². The molecule has 0 radical (unpaired) electrons. The minimum absolute atomic E-state index is 0.177. The molecule has 0 aliphatic rings. The molecular formula is C21H13BrFNO. The highest BCUT2D eigenvalue weighted by atomic mass is 79.9.